The van der Waals surface area contributed by atoms with Gasteiger partial charge in [0.2, 0.25) is 0 Å². The van der Waals surface area contributed by atoms with Crippen molar-refractivity contribution in [3.63, 3.8) is 0 Å². The molecule has 1 aromatic carbocycles. The minimum absolute atomic E-state index is 0.257. The van der Waals surface area contributed by atoms with E-state index in [-0.39, 0.29) is 12.0 Å². The topological polar surface area (TPSA) is 38.7 Å². The van der Waals surface area contributed by atoms with E-state index in [1.807, 2.05) is 32.0 Å². The molecule has 0 fully saturated rings. The number of aliphatic hydroxyl groups excluding tert-OH is 1. The first-order valence-electron chi connectivity index (χ1n) is 5.47. The van der Waals surface area contributed by atoms with Gasteiger partial charge in [-0.2, -0.15) is 0 Å². The van der Waals surface area contributed by atoms with Gasteiger partial charge in [-0.15, -0.1) is 0 Å². The van der Waals surface area contributed by atoms with E-state index in [9.17, 15) is 5.11 Å². The lowest BCUT2D eigenvalue weighted by Crippen LogP contribution is -2.17. The Morgan fingerprint density at radius 3 is 2.25 bits per heavy atom. The third-order valence-electron chi connectivity index (χ3n) is 2.66. The first-order chi connectivity index (χ1) is 7.58. The quantitative estimate of drug-likeness (QED) is 0.833. The molecule has 1 rings (SSSR count). The molecule has 0 aliphatic heterocycles. The number of hydrogen-bond donors (Lipinski definition) is 1. The summed E-state index contributed by atoms with van der Waals surface area (Å²) in [7, 11) is 3.22. The summed E-state index contributed by atoms with van der Waals surface area (Å²) in [5.41, 5.74) is 1.05. The van der Waals surface area contributed by atoms with Crippen molar-refractivity contribution in [2.75, 3.05) is 14.2 Å². The van der Waals surface area contributed by atoms with Crippen molar-refractivity contribution >= 4 is 0 Å². The standard InChI is InChI=1S/C13H20O3/c1-9(2)11(14)7-10-5-6-12(15-3)13(8-10)16-4/h5-6,8-9,11,14H,7H2,1-4H3/t11-/m0/s1. The van der Waals surface area contributed by atoms with Gasteiger partial charge in [-0.25, -0.2) is 0 Å². The van der Waals surface area contributed by atoms with Crippen LogP contribution < -0.4 is 9.47 Å². The van der Waals surface area contributed by atoms with Gasteiger partial charge in [-0.05, 0) is 30.0 Å². The largest absolute Gasteiger partial charge is 0.493 e. The van der Waals surface area contributed by atoms with Crippen LogP contribution in [0.25, 0.3) is 0 Å². The number of aliphatic hydroxyl groups is 1. The van der Waals surface area contributed by atoms with Crippen molar-refractivity contribution in [3.05, 3.63) is 23.8 Å². The van der Waals surface area contributed by atoms with Crippen LogP contribution in [0.4, 0.5) is 0 Å². The van der Waals surface area contributed by atoms with Crippen molar-refractivity contribution < 1.29 is 14.6 Å². The molecule has 1 atom stereocenters. The third-order valence-corrected chi connectivity index (χ3v) is 2.66. The van der Waals surface area contributed by atoms with Crippen LogP contribution in [0.5, 0.6) is 11.5 Å². The summed E-state index contributed by atoms with van der Waals surface area (Å²) in [5, 5.41) is 9.80. The number of rotatable bonds is 5. The zero-order valence-corrected chi connectivity index (χ0v) is 10.4. The average Bonchev–Trinajstić information content (AvgIpc) is 2.28. The zero-order valence-electron chi connectivity index (χ0n) is 10.4. The molecular weight excluding hydrogens is 204 g/mol. The summed E-state index contributed by atoms with van der Waals surface area (Å²) in [6, 6.07) is 5.72. The molecule has 0 spiro atoms. The van der Waals surface area contributed by atoms with Gasteiger partial charge >= 0.3 is 0 Å². The molecule has 16 heavy (non-hydrogen) atoms. The van der Waals surface area contributed by atoms with E-state index in [0.717, 1.165) is 5.56 Å². The highest BCUT2D eigenvalue weighted by Crippen LogP contribution is 2.28. The Bertz CT molecular complexity index is 334. The molecule has 3 nitrogen and oxygen atoms in total. The van der Waals surface area contributed by atoms with Crippen LogP contribution in [-0.2, 0) is 6.42 Å². The van der Waals surface area contributed by atoms with E-state index in [1.54, 1.807) is 14.2 Å². The Labute approximate surface area is 97.0 Å². The molecule has 1 N–H and O–H groups in total. The van der Waals surface area contributed by atoms with Crippen molar-refractivity contribution in [2.45, 2.75) is 26.4 Å². The summed E-state index contributed by atoms with van der Waals surface area (Å²) >= 11 is 0. The van der Waals surface area contributed by atoms with Crippen LogP contribution in [0.2, 0.25) is 0 Å². The fourth-order valence-corrected chi connectivity index (χ4v) is 1.48. The Morgan fingerprint density at radius 2 is 1.75 bits per heavy atom. The number of methoxy groups -OCH3 is 2. The van der Waals surface area contributed by atoms with Gasteiger partial charge in [0.15, 0.2) is 11.5 Å². The lowest BCUT2D eigenvalue weighted by Gasteiger charge is -2.15. The summed E-state index contributed by atoms with van der Waals surface area (Å²) in [6.07, 6.45) is 0.316. The molecule has 0 aromatic heterocycles. The fraction of sp³-hybridized carbons (Fsp3) is 0.538. The Morgan fingerprint density at radius 1 is 1.12 bits per heavy atom. The van der Waals surface area contributed by atoms with Gasteiger partial charge in [0.1, 0.15) is 0 Å². The second kappa shape index (κ2) is 5.75. The molecule has 0 amide bonds. The van der Waals surface area contributed by atoms with E-state index in [0.29, 0.717) is 17.9 Å². The van der Waals surface area contributed by atoms with E-state index in [1.165, 1.54) is 0 Å². The Kier molecular flexibility index (Phi) is 4.62. The second-order valence-electron chi connectivity index (χ2n) is 4.20. The van der Waals surface area contributed by atoms with Gasteiger partial charge in [0.25, 0.3) is 0 Å². The van der Waals surface area contributed by atoms with E-state index < -0.39 is 0 Å². The zero-order chi connectivity index (χ0) is 12.1. The lowest BCUT2D eigenvalue weighted by atomic mass is 9.99. The molecule has 0 aliphatic rings. The van der Waals surface area contributed by atoms with Gasteiger partial charge in [0.05, 0.1) is 20.3 Å². The SMILES string of the molecule is COc1ccc(C[C@H](O)C(C)C)cc1OC. The van der Waals surface area contributed by atoms with Crippen LogP contribution in [0, 0.1) is 5.92 Å². The number of benzene rings is 1. The summed E-state index contributed by atoms with van der Waals surface area (Å²) < 4.78 is 10.4. The molecule has 3 heteroatoms. The van der Waals surface area contributed by atoms with Crippen LogP contribution in [0.15, 0.2) is 18.2 Å². The highest BCUT2D eigenvalue weighted by atomic mass is 16.5. The molecule has 0 bridgehead atoms. The molecule has 1 aromatic rings. The first-order valence-corrected chi connectivity index (χ1v) is 5.47. The molecule has 0 saturated carbocycles. The lowest BCUT2D eigenvalue weighted by molar-refractivity contribution is 0.125. The predicted molar refractivity (Wildman–Crippen MR) is 64.1 cm³/mol. The third kappa shape index (κ3) is 3.14. The highest BCUT2D eigenvalue weighted by Gasteiger charge is 2.12. The van der Waals surface area contributed by atoms with E-state index in [2.05, 4.69) is 0 Å². The Balaban J connectivity index is 2.82. The molecule has 0 radical (unpaired) electrons. The second-order valence-corrected chi connectivity index (χ2v) is 4.20. The summed E-state index contributed by atoms with van der Waals surface area (Å²) in [4.78, 5) is 0. The predicted octanol–water partition coefficient (Wildman–Crippen LogP) is 2.26. The monoisotopic (exact) mass is 224 g/mol. The van der Waals surface area contributed by atoms with Gasteiger partial charge < -0.3 is 14.6 Å². The molecule has 0 aliphatic carbocycles. The van der Waals surface area contributed by atoms with Crippen LogP contribution >= 0.6 is 0 Å². The molecule has 90 valence electrons. The minimum Gasteiger partial charge on any atom is -0.493 e. The molecular formula is C13H20O3. The van der Waals surface area contributed by atoms with E-state index in [4.69, 9.17) is 9.47 Å². The number of ether oxygens (including phenoxy) is 2. The average molecular weight is 224 g/mol. The van der Waals surface area contributed by atoms with Gasteiger partial charge in [-0.1, -0.05) is 19.9 Å². The maximum absolute atomic E-state index is 9.80. The summed E-state index contributed by atoms with van der Waals surface area (Å²) in [6.45, 7) is 4.01. The smallest absolute Gasteiger partial charge is 0.160 e. The van der Waals surface area contributed by atoms with Crippen molar-refractivity contribution in [1.82, 2.24) is 0 Å². The van der Waals surface area contributed by atoms with Crippen molar-refractivity contribution in [1.29, 1.82) is 0 Å². The first kappa shape index (κ1) is 12.8. The highest BCUT2D eigenvalue weighted by molar-refractivity contribution is 5.43. The molecule has 0 unspecified atom stereocenters. The van der Waals surface area contributed by atoms with Crippen LogP contribution in [0.3, 0.4) is 0 Å². The molecule has 0 heterocycles. The normalized spacial score (nSPS) is 12.6. The minimum atomic E-state index is -0.321. The van der Waals surface area contributed by atoms with Crippen molar-refractivity contribution in [2.24, 2.45) is 5.92 Å². The molecule has 0 saturated heterocycles. The van der Waals surface area contributed by atoms with Gasteiger partial charge in [0, 0.05) is 0 Å². The van der Waals surface area contributed by atoms with Crippen molar-refractivity contribution in [3.8, 4) is 11.5 Å². The number of hydrogen-bond acceptors (Lipinski definition) is 3. The summed E-state index contributed by atoms with van der Waals surface area (Å²) in [5.74, 6) is 1.68. The maximum atomic E-state index is 9.80. The van der Waals surface area contributed by atoms with Gasteiger partial charge in [-0.3, -0.25) is 0 Å². The fourth-order valence-electron chi connectivity index (χ4n) is 1.48. The Hall–Kier alpha value is -1.22. The van der Waals surface area contributed by atoms with Crippen LogP contribution in [0.1, 0.15) is 19.4 Å². The van der Waals surface area contributed by atoms with Crippen LogP contribution in [-0.4, -0.2) is 25.4 Å². The van der Waals surface area contributed by atoms with E-state index >= 15 is 0 Å². The maximum Gasteiger partial charge on any atom is 0.160 e.